The minimum absolute atomic E-state index is 0.0300. The molecule has 1 saturated heterocycles. The summed E-state index contributed by atoms with van der Waals surface area (Å²) >= 11 is 0. The van der Waals surface area contributed by atoms with Gasteiger partial charge in [-0.05, 0) is 43.6 Å². The number of H-pyrrole nitrogens is 1. The Morgan fingerprint density at radius 1 is 1.00 bits per heavy atom. The Balaban J connectivity index is 1.49. The van der Waals surface area contributed by atoms with Crippen molar-refractivity contribution in [3.05, 3.63) is 90.4 Å². The van der Waals surface area contributed by atoms with Crippen LogP contribution in [0.4, 0.5) is 0 Å². The van der Waals surface area contributed by atoms with Gasteiger partial charge in [0.1, 0.15) is 5.65 Å². The first-order chi connectivity index (χ1) is 13.3. The summed E-state index contributed by atoms with van der Waals surface area (Å²) in [7, 11) is 0. The standard InChI is InChI=1S/C22H23N5/c1-2-6-18(7-3-1)22(20-16-27-11-5-4-8-21(27)25-20)9-12-26(13-10-22)15-19-14-23-17-24-19/h1-8,11,14,16-17H,9-10,12-13,15H2,(H,23,24). The highest BCUT2D eigenvalue weighted by Crippen LogP contribution is 2.41. The van der Waals surface area contributed by atoms with Crippen LogP contribution in [0.2, 0.25) is 0 Å². The van der Waals surface area contributed by atoms with E-state index in [0.717, 1.165) is 38.1 Å². The lowest BCUT2D eigenvalue weighted by atomic mass is 9.70. The molecule has 1 aliphatic heterocycles. The number of nitrogens with one attached hydrogen (secondary N) is 1. The molecule has 136 valence electrons. The first-order valence-electron chi connectivity index (χ1n) is 9.53. The monoisotopic (exact) mass is 357 g/mol. The fourth-order valence-corrected chi connectivity index (χ4v) is 4.32. The topological polar surface area (TPSA) is 49.2 Å². The number of aromatic nitrogens is 4. The number of hydrogen-bond acceptors (Lipinski definition) is 3. The third kappa shape index (κ3) is 2.94. The fourth-order valence-electron chi connectivity index (χ4n) is 4.32. The van der Waals surface area contributed by atoms with Gasteiger partial charge in [-0.3, -0.25) is 4.90 Å². The molecule has 27 heavy (non-hydrogen) atoms. The minimum Gasteiger partial charge on any atom is -0.347 e. The molecular weight excluding hydrogens is 334 g/mol. The normalized spacial score (nSPS) is 17.3. The third-order valence-electron chi connectivity index (χ3n) is 5.84. The number of likely N-dealkylation sites (tertiary alicyclic amines) is 1. The van der Waals surface area contributed by atoms with Crippen molar-refractivity contribution in [1.82, 2.24) is 24.3 Å². The van der Waals surface area contributed by atoms with E-state index in [2.05, 4.69) is 74.1 Å². The molecule has 1 aromatic carbocycles. The molecule has 0 atom stereocenters. The van der Waals surface area contributed by atoms with Crippen LogP contribution in [-0.4, -0.2) is 37.3 Å². The van der Waals surface area contributed by atoms with Crippen molar-refractivity contribution in [2.24, 2.45) is 0 Å². The maximum atomic E-state index is 5.01. The van der Waals surface area contributed by atoms with Crippen molar-refractivity contribution in [2.45, 2.75) is 24.8 Å². The van der Waals surface area contributed by atoms with Crippen molar-refractivity contribution >= 4 is 5.65 Å². The Bertz CT molecular complexity index is 978. The number of aromatic amines is 1. The zero-order valence-electron chi connectivity index (χ0n) is 15.3. The van der Waals surface area contributed by atoms with Crippen LogP contribution in [0.5, 0.6) is 0 Å². The van der Waals surface area contributed by atoms with Gasteiger partial charge < -0.3 is 9.38 Å². The smallest absolute Gasteiger partial charge is 0.137 e. The molecular formula is C22H23N5. The van der Waals surface area contributed by atoms with Gasteiger partial charge in [-0.2, -0.15) is 0 Å². The highest BCUT2D eigenvalue weighted by molar-refractivity contribution is 5.45. The van der Waals surface area contributed by atoms with Crippen molar-refractivity contribution in [3.63, 3.8) is 0 Å². The molecule has 0 radical (unpaired) electrons. The molecule has 0 saturated carbocycles. The highest BCUT2D eigenvalue weighted by Gasteiger charge is 2.39. The molecule has 5 nitrogen and oxygen atoms in total. The number of imidazole rings is 2. The first kappa shape index (κ1) is 16.3. The minimum atomic E-state index is -0.0300. The molecule has 3 aromatic heterocycles. The largest absolute Gasteiger partial charge is 0.347 e. The molecule has 4 aromatic rings. The Morgan fingerprint density at radius 2 is 1.81 bits per heavy atom. The predicted octanol–water partition coefficient (Wildman–Crippen LogP) is 3.64. The van der Waals surface area contributed by atoms with E-state index in [1.807, 2.05) is 12.3 Å². The molecule has 0 amide bonds. The maximum Gasteiger partial charge on any atom is 0.137 e. The van der Waals surface area contributed by atoms with E-state index in [-0.39, 0.29) is 5.41 Å². The molecule has 0 bridgehead atoms. The van der Waals surface area contributed by atoms with E-state index >= 15 is 0 Å². The van der Waals surface area contributed by atoms with Gasteiger partial charge in [0.2, 0.25) is 0 Å². The van der Waals surface area contributed by atoms with E-state index in [4.69, 9.17) is 4.98 Å². The van der Waals surface area contributed by atoms with Gasteiger partial charge in [0.25, 0.3) is 0 Å². The Labute approximate surface area is 158 Å². The highest BCUT2D eigenvalue weighted by atomic mass is 15.1. The van der Waals surface area contributed by atoms with Crippen LogP contribution in [0.15, 0.2) is 73.4 Å². The summed E-state index contributed by atoms with van der Waals surface area (Å²) in [5.74, 6) is 0. The third-order valence-corrected chi connectivity index (χ3v) is 5.84. The quantitative estimate of drug-likeness (QED) is 0.607. The summed E-state index contributed by atoms with van der Waals surface area (Å²) in [6, 6.07) is 17.1. The SMILES string of the molecule is c1ccc(C2(c3cn4ccccc4n3)CCN(Cc3cnc[nH]3)CC2)cc1. The molecule has 0 spiro atoms. The Kier molecular flexibility index (Phi) is 4.02. The molecule has 0 aliphatic carbocycles. The fraction of sp³-hybridized carbons (Fsp3) is 0.273. The summed E-state index contributed by atoms with van der Waals surface area (Å²) in [6.45, 7) is 3.01. The van der Waals surface area contributed by atoms with E-state index in [9.17, 15) is 0 Å². The average molecular weight is 357 g/mol. The average Bonchev–Trinajstić information content (AvgIpc) is 3.39. The van der Waals surface area contributed by atoms with Gasteiger partial charge >= 0.3 is 0 Å². The Hall–Kier alpha value is -2.92. The Morgan fingerprint density at radius 3 is 2.56 bits per heavy atom. The lowest BCUT2D eigenvalue weighted by molar-refractivity contribution is 0.169. The van der Waals surface area contributed by atoms with Crippen molar-refractivity contribution in [3.8, 4) is 0 Å². The van der Waals surface area contributed by atoms with Crippen molar-refractivity contribution < 1.29 is 0 Å². The van der Waals surface area contributed by atoms with Crippen molar-refractivity contribution in [1.29, 1.82) is 0 Å². The van der Waals surface area contributed by atoms with Gasteiger partial charge in [-0.25, -0.2) is 9.97 Å². The molecule has 0 unspecified atom stereocenters. The zero-order chi connectivity index (χ0) is 18.1. The molecule has 1 fully saturated rings. The maximum absolute atomic E-state index is 5.01. The molecule has 1 aliphatic rings. The van der Waals surface area contributed by atoms with Crippen LogP contribution in [0, 0.1) is 0 Å². The van der Waals surface area contributed by atoms with Crippen LogP contribution in [0.3, 0.4) is 0 Å². The predicted molar refractivity (Wildman–Crippen MR) is 106 cm³/mol. The van der Waals surface area contributed by atoms with Gasteiger partial charge in [-0.1, -0.05) is 36.4 Å². The van der Waals surface area contributed by atoms with E-state index < -0.39 is 0 Å². The number of pyridine rings is 1. The van der Waals surface area contributed by atoms with Gasteiger partial charge in [-0.15, -0.1) is 0 Å². The molecule has 5 heteroatoms. The second kappa shape index (κ2) is 6.67. The molecule has 1 N–H and O–H groups in total. The summed E-state index contributed by atoms with van der Waals surface area (Å²) < 4.78 is 2.14. The van der Waals surface area contributed by atoms with Gasteiger partial charge in [0, 0.05) is 36.2 Å². The van der Waals surface area contributed by atoms with Crippen LogP contribution >= 0.6 is 0 Å². The summed E-state index contributed by atoms with van der Waals surface area (Å²) in [6.07, 6.45) is 10.1. The van der Waals surface area contributed by atoms with Gasteiger partial charge in [0.15, 0.2) is 0 Å². The van der Waals surface area contributed by atoms with Crippen LogP contribution in [0.25, 0.3) is 5.65 Å². The lowest BCUT2D eigenvalue weighted by Gasteiger charge is -2.41. The molecule has 4 heterocycles. The molecule has 5 rings (SSSR count). The first-order valence-corrected chi connectivity index (χ1v) is 9.53. The number of benzene rings is 1. The second-order valence-electron chi connectivity index (χ2n) is 7.39. The number of nitrogens with zero attached hydrogens (tertiary/aromatic N) is 4. The summed E-state index contributed by atoms with van der Waals surface area (Å²) in [4.78, 5) is 14.9. The number of hydrogen-bond donors (Lipinski definition) is 1. The number of fused-ring (bicyclic) bond motifs is 1. The summed E-state index contributed by atoms with van der Waals surface area (Å²) in [5, 5.41) is 0. The number of piperidine rings is 1. The van der Waals surface area contributed by atoms with Gasteiger partial charge in [0.05, 0.1) is 12.0 Å². The van der Waals surface area contributed by atoms with E-state index in [1.54, 1.807) is 6.33 Å². The lowest BCUT2D eigenvalue weighted by Crippen LogP contribution is -2.43. The van der Waals surface area contributed by atoms with Crippen LogP contribution < -0.4 is 0 Å². The van der Waals surface area contributed by atoms with Crippen molar-refractivity contribution in [2.75, 3.05) is 13.1 Å². The van der Waals surface area contributed by atoms with Crippen LogP contribution in [0.1, 0.15) is 29.8 Å². The van der Waals surface area contributed by atoms with E-state index in [1.165, 1.54) is 17.0 Å². The summed E-state index contributed by atoms with van der Waals surface area (Å²) in [5.41, 5.74) is 4.71. The second-order valence-corrected chi connectivity index (χ2v) is 7.39. The van der Waals surface area contributed by atoms with E-state index in [0.29, 0.717) is 0 Å². The van der Waals surface area contributed by atoms with Crippen LogP contribution in [-0.2, 0) is 12.0 Å². The zero-order valence-corrected chi connectivity index (χ0v) is 15.3. The number of rotatable bonds is 4.